The summed E-state index contributed by atoms with van der Waals surface area (Å²) >= 11 is 3.98. The molecule has 5 nitrogen and oxygen atoms in total. The first kappa shape index (κ1) is 14.8. The van der Waals surface area contributed by atoms with Crippen molar-refractivity contribution in [3.8, 4) is 5.75 Å². The van der Waals surface area contributed by atoms with E-state index in [9.17, 15) is 13.2 Å². The van der Waals surface area contributed by atoms with Crippen molar-refractivity contribution in [2.45, 2.75) is 4.90 Å². The minimum Gasteiger partial charge on any atom is -0.496 e. The second kappa shape index (κ2) is 6.10. The van der Waals surface area contributed by atoms with Gasteiger partial charge in [-0.3, -0.25) is 4.79 Å². The lowest BCUT2D eigenvalue weighted by Crippen LogP contribution is -2.26. The van der Waals surface area contributed by atoms with Crippen LogP contribution in [-0.4, -0.2) is 40.0 Å². The average Bonchev–Trinajstić information content (AvgIpc) is 2.34. The van der Waals surface area contributed by atoms with Crippen LogP contribution in [0.1, 0.15) is 10.4 Å². The first-order chi connectivity index (χ1) is 8.40. The molecule has 0 spiro atoms. The molecule has 0 aromatic heterocycles. The van der Waals surface area contributed by atoms with Gasteiger partial charge in [0.1, 0.15) is 5.75 Å². The van der Waals surface area contributed by atoms with Gasteiger partial charge in [-0.05, 0) is 18.2 Å². The maximum atomic E-state index is 11.8. The van der Waals surface area contributed by atoms with E-state index >= 15 is 0 Å². The lowest BCUT2D eigenvalue weighted by molar-refractivity contribution is 0.0953. The summed E-state index contributed by atoms with van der Waals surface area (Å²) in [6.45, 7) is 0.397. The van der Waals surface area contributed by atoms with E-state index in [-0.39, 0.29) is 16.4 Å². The van der Waals surface area contributed by atoms with Crippen LogP contribution in [0.4, 0.5) is 0 Å². The summed E-state index contributed by atoms with van der Waals surface area (Å²) in [6.07, 6.45) is 1.09. The van der Waals surface area contributed by atoms with Gasteiger partial charge in [0.15, 0.2) is 9.84 Å². The average molecular weight is 289 g/mol. The zero-order valence-corrected chi connectivity index (χ0v) is 11.8. The van der Waals surface area contributed by atoms with E-state index in [4.69, 9.17) is 4.74 Å². The molecule has 0 fully saturated rings. The predicted octanol–water partition coefficient (Wildman–Crippen LogP) is 0.758. The van der Waals surface area contributed by atoms with Crippen LogP contribution in [0.3, 0.4) is 0 Å². The molecule has 100 valence electrons. The molecule has 0 bridgehead atoms. The number of hydrogen-bond acceptors (Lipinski definition) is 5. The van der Waals surface area contributed by atoms with E-state index in [0.29, 0.717) is 18.0 Å². The Labute approximate surface area is 112 Å². The zero-order valence-electron chi connectivity index (χ0n) is 10.1. The summed E-state index contributed by atoms with van der Waals surface area (Å²) in [4.78, 5) is 11.9. The minimum absolute atomic E-state index is 0.0827. The second-order valence-electron chi connectivity index (χ2n) is 3.61. The zero-order chi connectivity index (χ0) is 13.8. The molecule has 0 radical (unpaired) electrons. The van der Waals surface area contributed by atoms with Crippen molar-refractivity contribution < 1.29 is 17.9 Å². The molecule has 1 amide bonds. The number of nitrogens with one attached hydrogen (secondary N) is 1. The predicted molar refractivity (Wildman–Crippen MR) is 72.3 cm³/mol. The monoisotopic (exact) mass is 289 g/mol. The summed E-state index contributed by atoms with van der Waals surface area (Å²) in [7, 11) is -1.93. The maximum Gasteiger partial charge on any atom is 0.255 e. The molecule has 1 N–H and O–H groups in total. The van der Waals surface area contributed by atoms with Crippen LogP contribution in [0.2, 0.25) is 0 Å². The standard InChI is InChI=1S/C11H15NO4S2/c1-16-10-4-3-8(18(2,14)15)7-9(10)11(13)12-5-6-17/h3-4,7,17H,5-6H2,1-2H3,(H,12,13). The molecule has 0 heterocycles. The van der Waals surface area contributed by atoms with Gasteiger partial charge in [-0.2, -0.15) is 12.6 Å². The highest BCUT2D eigenvalue weighted by molar-refractivity contribution is 7.90. The molecule has 0 unspecified atom stereocenters. The molecular formula is C11H15NO4S2. The van der Waals surface area contributed by atoms with Crippen LogP contribution in [0.15, 0.2) is 23.1 Å². The quantitative estimate of drug-likeness (QED) is 0.785. The largest absolute Gasteiger partial charge is 0.496 e. The van der Waals surface area contributed by atoms with Gasteiger partial charge in [0.05, 0.1) is 17.6 Å². The van der Waals surface area contributed by atoms with Gasteiger partial charge < -0.3 is 10.1 Å². The summed E-state index contributed by atoms with van der Waals surface area (Å²) < 4.78 is 27.9. The highest BCUT2D eigenvalue weighted by Gasteiger charge is 2.16. The topological polar surface area (TPSA) is 72.5 Å². The van der Waals surface area contributed by atoms with Crippen molar-refractivity contribution in [1.82, 2.24) is 5.32 Å². The van der Waals surface area contributed by atoms with Crippen molar-refractivity contribution in [2.24, 2.45) is 0 Å². The number of methoxy groups -OCH3 is 1. The van der Waals surface area contributed by atoms with Crippen LogP contribution in [0.25, 0.3) is 0 Å². The molecule has 0 saturated carbocycles. The maximum absolute atomic E-state index is 11.8. The van der Waals surface area contributed by atoms with E-state index in [1.165, 1.54) is 25.3 Å². The molecule has 1 rings (SSSR count). The fraction of sp³-hybridized carbons (Fsp3) is 0.364. The third kappa shape index (κ3) is 3.64. The molecular weight excluding hydrogens is 274 g/mol. The smallest absolute Gasteiger partial charge is 0.255 e. The van der Waals surface area contributed by atoms with Gasteiger partial charge in [0.2, 0.25) is 0 Å². The van der Waals surface area contributed by atoms with Crippen LogP contribution >= 0.6 is 12.6 Å². The molecule has 1 aromatic rings. The second-order valence-corrected chi connectivity index (χ2v) is 6.08. The third-order valence-electron chi connectivity index (χ3n) is 2.24. The molecule has 0 aliphatic carbocycles. The SMILES string of the molecule is COc1ccc(S(C)(=O)=O)cc1C(=O)NCCS. The van der Waals surface area contributed by atoms with Crippen LogP contribution < -0.4 is 10.1 Å². The van der Waals surface area contributed by atoms with Gasteiger partial charge in [-0.15, -0.1) is 0 Å². The fourth-order valence-electron chi connectivity index (χ4n) is 1.36. The van der Waals surface area contributed by atoms with Crippen molar-refractivity contribution >= 4 is 28.4 Å². The van der Waals surface area contributed by atoms with Crippen LogP contribution in [0.5, 0.6) is 5.75 Å². The number of ether oxygens (including phenoxy) is 1. The molecule has 0 saturated heterocycles. The van der Waals surface area contributed by atoms with Gasteiger partial charge in [-0.25, -0.2) is 8.42 Å². The summed E-state index contributed by atoms with van der Waals surface area (Å²) in [5.74, 6) is 0.449. The Morgan fingerprint density at radius 3 is 2.61 bits per heavy atom. The Balaban J connectivity index is 3.18. The number of amides is 1. The molecule has 0 aliphatic heterocycles. The number of hydrogen-bond donors (Lipinski definition) is 2. The van der Waals surface area contributed by atoms with Gasteiger partial charge in [0.25, 0.3) is 5.91 Å². The molecule has 18 heavy (non-hydrogen) atoms. The highest BCUT2D eigenvalue weighted by atomic mass is 32.2. The van der Waals surface area contributed by atoms with Gasteiger partial charge in [-0.1, -0.05) is 0 Å². The van der Waals surface area contributed by atoms with Crippen LogP contribution in [-0.2, 0) is 9.84 Å². The Kier molecular flexibility index (Phi) is 5.03. The molecule has 0 aliphatic rings. The Morgan fingerprint density at radius 1 is 1.44 bits per heavy atom. The van der Waals surface area contributed by atoms with E-state index in [1.807, 2.05) is 0 Å². The van der Waals surface area contributed by atoms with Crippen molar-refractivity contribution in [3.05, 3.63) is 23.8 Å². The van der Waals surface area contributed by atoms with Crippen molar-refractivity contribution in [2.75, 3.05) is 25.7 Å². The first-order valence-electron chi connectivity index (χ1n) is 5.17. The summed E-state index contributed by atoms with van der Waals surface area (Å²) in [6, 6.07) is 4.18. The van der Waals surface area contributed by atoms with E-state index in [2.05, 4.69) is 17.9 Å². The lowest BCUT2D eigenvalue weighted by atomic mass is 10.2. The van der Waals surface area contributed by atoms with E-state index < -0.39 is 9.84 Å². The van der Waals surface area contributed by atoms with Gasteiger partial charge in [0, 0.05) is 18.6 Å². The van der Waals surface area contributed by atoms with E-state index in [0.717, 1.165) is 6.26 Å². The number of thiol groups is 1. The molecule has 1 aromatic carbocycles. The molecule has 7 heteroatoms. The van der Waals surface area contributed by atoms with Gasteiger partial charge >= 0.3 is 0 Å². The number of sulfone groups is 1. The van der Waals surface area contributed by atoms with Crippen LogP contribution in [0, 0.1) is 0 Å². The number of carbonyl (C=O) groups is 1. The first-order valence-corrected chi connectivity index (χ1v) is 7.69. The lowest BCUT2D eigenvalue weighted by Gasteiger charge is -2.10. The number of rotatable bonds is 5. The van der Waals surface area contributed by atoms with Crippen molar-refractivity contribution in [3.63, 3.8) is 0 Å². The fourth-order valence-corrected chi connectivity index (χ4v) is 2.12. The normalized spacial score (nSPS) is 11.1. The number of benzene rings is 1. The highest BCUT2D eigenvalue weighted by Crippen LogP contribution is 2.22. The minimum atomic E-state index is -3.35. The Hall–Kier alpha value is -1.21. The van der Waals surface area contributed by atoms with Crippen molar-refractivity contribution in [1.29, 1.82) is 0 Å². The summed E-state index contributed by atoms with van der Waals surface area (Å²) in [5.41, 5.74) is 0.196. The third-order valence-corrected chi connectivity index (χ3v) is 3.57. The Bertz CT molecular complexity index is 540. The number of carbonyl (C=O) groups excluding carboxylic acids is 1. The van der Waals surface area contributed by atoms with E-state index in [1.54, 1.807) is 0 Å². The Morgan fingerprint density at radius 2 is 2.11 bits per heavy atom. The summed E-state index contributed by atoms with van der Waals surface area (Å²) in [5, 5.41) is 2.61. The molecule has 0 atom stereocenters.